The quantitative estimate of drug-likeness (QED) is 0.348. The first kappa shape index (κ1) is 27.8. The molecule has 0 radical (unpaired) electrons. The predicted octanol–water partition coefficient (Wildman–Crippen LogP) is 1.84. The van der Waals surface area contributed by atoms with E-state index >= 15 is 0 Å². The van der Waals surface area contributed by atoms with E-state index in [0.29, 0.717) is 12.8 Å². The number of carbonyl (C=O) groups is 2. The van der Waals surface area contributed by atoms with Gasteiger partial charge in [0.2, 0.25) is 0 Å². The van der Waals surface area contributed by atoms with Gasteiger partial charge < -0.3 is 35.0 Å². The minimum Gasteiger partial charge on any atom is -0.479 e. The summed E-state index contributed by atoms with van der Waals surface area (Å²) >= 11 is 0. The fourth-order valence-electron chi connectivity index (χ4n) is 10.5. The smallest absolute Gasteiger partial charge is 0.338 e. The van der Waals surface area contributed by atoms with Gasteiger partial charge in [0.1, 0.15) is 11.2 Å². The van der Waals surface area contributed by atoms with Gasteiger partial charge in [0.15, 0.2) is 11.4 Å². The molecular weight excluding hydrogens is 504 g/mol. The molecule has 39 heavy (non-hydrogen) atoms. The molecule has 6 rings (SSSR count). The first-order valence-electron chi connectivity index (χ1n) is 14.7. The number of aliphatic carboxylic acids is 1. The molecule has 3 saturated carbocycles. The van der Waals surface area contributed by atoms with Crippen molar-refractivity contribution in [3.63, 3.8) is 0 Å². The summed E-state index contributed by atoms with van der Waals surface area (Å²) in [4.78, 5) is 25.5. The van der Waals surface area contributed by atoms with Crippen LogP contribution >= 0.6 is 0 Å². The number of aliphatic hydroxyl groups is 4. The zero-order valence-corrected chi connectivity index (χ0v) is 23.4. The van der Waals surface area contributed by atoms with Crippen LogP contribution in [0.4, 0.5) is 0 Å². The van der Waals surface area contributed by atoms with Crippen molar-refractivity contribution in [3.8, 4) is 0 Å². The molecule has 0 amide bonds. The van der Waals surface area contributed by atoms with Crippen molar-refractivity contribution in [2.24, 2.45) is 40.4 Å². The van der Waals surface area contributed by atoms with E-state index in [0.717, 1.165) is 12.8 Å². The molecule has 14 atom stereocenters. The number of ether oxygens (including phenoxy) is 2. The number of carboxylic acid groups (broad SMARTS) is 1. The topological polar surface area (TPSA) is 154 Å². The van der Waals surface area contributed by atoms with Crippen LogP contribution in [0.1, 0.15) is 72.6 Å². The van der Waals surface area contributed by atoms with Gasteiger partial charge in [0, 0.05) is 18.8 Å². The van der Waals surface area contributed by atoms with Crippen molar-refractivity contribution in [3.05, 3.63) is 12.2 Å². The van der Waals surface area contributed by atoms with Crippen LogP contribution in [0.15, 0.2) is 12.2 Å². The Labute approximate surface area is 229 Å². The molecule has 2 bridgehead atoms. The van der Waals surface area contributed by atoms with Gasteiger partial charge in [-0.25, -0.2) is 4.79 Å². The lowest BCUT2D eigenvalue weighted by atomic mass is 9.42. The molecule has 0 aromatic heterocycles. The Morgan fingerprint density at radius 3 is 2.31 bits per heavy atom. The highest BCUT2D eigenvalue weighted by molar-refractivity contribution is 5.97. The third-order valence-corrected chi connectivity index (χ3v) is 12.9. The summed E-state index contributed by atoms with van der Waals surface area (Å²) in [5.41, 5.74) is -6.58. The Kier molecular flexibility index (Phi) is 6.12. The van der Waals surface area contributed by atoms with Gasteiger partial charge in [-0.1, -0.05) is 13.0 Å². The average Bonchev–Trinajstić information content (AvgIpc) is 3.18. The lowest BCUT2D eigenvalue weighted by Crippen LogP contribution is -2.71. The summed E-state index contributed by atoms with van der Waals surface area (Å²) < 4.78 is 12.7. The zero-order valence-electron chi connectivity index (χ0n) is 23.4. The maximum absolute atomic E-state index is 13.3. The summed E-state index contributed by atoms with van der Waals surface area (Å²) in [5.74, 6) is -1.80. The standard InChI is InChI=1S/C30H44O9/c1-15-12-30(37,25(34)35)26(2)13-21(39-15)17(14-38-26)19-8-7-18-16-10-24(33)29(36)9-5-6-22(31)28(29,4)20(16)11-23(32)27(18,19)3/h5-6,15-21,23-24,32-33,36-37H,7-14H2,1-4H3,(H,34,35)/t15?,16-,17?,18-,19?,20-,21?,23+,24+,26?,27-,28-,29-,30?/m0/s1. The van der Waals surface area contributed by atoms with Gasteiger partial charge in [0.05, 0.1) is 36.4 Å². The number of carboxylic acids is 1. The van der Waals surface area contributed by atoms with E-state index in [2.05, 4.69) is 6.92 Å². The summed E-state index contributed by atoms with van der Waals surface area (Å²) in [5, 5.41) is 55.9. The number of rotatable bonds is 2. The van der Waals surface area contributed by atoms with Crippen LogP contribution in [0.25, 0.3) is 0 Å². The van der Waals surface area contributed by atoms with Gasteiger partial charge >= 0.3 is 5.97 Å². The second-order valence-electron chi connectivity index (χ2n) is 14.3. The molecule has 0 spiro atoms. The minimum atomic E-state index is -2.06. The third-order valence-electron chi connectivity index (χ3n) is 12.9. The normalized spacial score (nSPS) is 58.7. The molecule has 5 fully saturated rings. The van der Waals surface area contributed by atoms with Crippen molar-refractivity contribution in [1.82, 2.24) is 0 Å². The molecule has 6 aliphatic rings. The fourth-order valence-corrected chi connectivity index (χ4v) is 10.5. The molecule has 9 heteroatoms. The summed E-state index contributed by atoms with van der Waals surface area (Å²) in [6.07, 6.45) is 3.39. The maximum Gasteiger partial charge on any atom is 0.338 e. The van der Waals surface area contributed by atoms with Gasteiger partial charge in [-0.05, 0) is 88.0 Å². The molecule has 6 unspecified atom stereocenters. The van der Waals surface area contributed by atoms with E-state index < -0.39 is 51.9 Å². The number of hydrogen-bond donors (Lipinski definition) is 5. The Bertz CT molecular complexity index is 1090. The molecule has 9 nitrogen and oxygen atoms in total. The second-order valence-corrected chi connectivity index (χ2v) is 14.3. The minimum absolute atomic E-state index is 0.0175. The lowest BCUT2D eigenvalue weighted by Gasteiger charge is -2.64. The van der Waals surface area contributed by atoms with Crippen molar-refractivity contribution in [2.75, 3.05) is 6.61 Å². The lowest BCUT2D eigenvalue weighted by molar-refractivity contribution is -0.253. The van der Waals surface area contributed by atoms with Crippen molar-refractivity contribution < 1.29 is 44.6 Å². The maximum atomic E-state index is 13.3. The van der Waals surface area contributed by atoms with E-state index in [1.165, 1.54) is 6.08 Å². The number of ketones is 1. The molecule has 5 N–H and O–H groups in total. The second kappa shape index (κ2) is 8.58. The molecule has 2 aliphatic heterocycles. The van der Waals surface area contributed by atoms with Gasteiger partial charge in [-0.3, -0.25) is 4.79 Å². The van der Waals surface area contributed by atoms with Crippen LogP contribution in [-0.4, -0.2) is 85.1 Å². The van der Waals surface area contributed by atoms with E-state index in [1.54, 1.807) is 26.8 Å². The Balaban J connectivity index is 1.32. The molecule has 2 heterocycles. The monoisotopic (exact) mass is 548 g/mol. The highest BCUT2D eigenvalue weighted by Gasteiger charge is 2.71. The van der Waals surface area contributed by atoms with Gasteiger partial charge in [-0.15, -0.1) is 0 Å². The number of aliphatic hydroxyl groups excluding tert-OH is 2. The van der Waals surface area contributed by atoms with E-state index in [1.807, 2.05) is 0 Å². The Hall–Kier alpha value is -1.36. The molecule has 4 aliphatic carbocycles. The number of hydrogen-bond acceptors (Lipinski definition) is 8. The van der Waals surface area contributed by atoms with Crippen molar-refractivity contribution >= 4 is 11.8 Å². The SMILES string of the molecule is CC1CC(O)(C(=O)O)C2(C)CC(O1)C(C1CC[C@H]3[C@@H]4C[C@@H](O)[C@@]5(O)CC=CC(=O)[C@]5(C)[C@H]4C[C@@H](O)[C@]13C)CO2. The molecule has 2 saturated heterocycles. The highest BCUT2D eigenvalue weighted by Crippen LogP contribution is 2.68. The molecule has 0 aromatic carbocycles. The predicted molar refractivity (Wildman–Crippen MR) is 138 cm³/mol. The largest absolute Gasteiger partial charge is 0.479 e. The fraction of sp³-hybridized carbons (Fsp3) is 0.867. The number of carbonyl (C=O) groups excluding carboxylic acids is 1. The molecule has 218 valence electrons. The average molecular weight is 549 g/mol. The van der Waals surface area contributed by atoms with Crippen LogP contribution in [-0.2, 0) is 19.1 Å². The van der Waals surface area contributed by atoms with Crippen LogP contribution in [0, 0.1) is 40.4 Å². The third kappa shape index (κ3) is 3.35. The summed E-state index contributed by atoms with van der Waals surface area (Å²) in [6.45, 7) is 7.57. The summed E-state index contributed by atoms with van der Waals surface area (Å²) in [7, 11) is 0. The Morgan fingerprint density at radius 1 is 0.974 bits per heavy atom. The van der Waals surface area contributed by atoms with Crippen LogP contribution in [0.2, 0.25) is 0 Å². The number of allylic oxidation sites excluding steroid dienone is 1. The zero-order chi connectivity index (χ0) is 28.3. The van der Waals surface area contributed by atoms with E-state index in [9.17, 15) is 35.1 Å². The first-order valence-corrected chi connectivity index (χ1v) is 14.7. The number of fused-ring (bicyclic) bond motifs is 7. The molecular formula is C30H44O9. The van der Waals surface area contributed by atoms with Gasteiger partial charge in [0.25, 0.3) is 0 Å². The van der Waals surface area contributed by atoms with Crippen LogP contribution < -0.4 is 0 Å². The van der Waals surface area contributed by atoms with E-state index in [-0.39, 0.29) is 67.3 Å². The first-order chi connectivity index (χ1) is 18.1. The Morgan fingerprint density at radius 2 is 1.64 bits per heavy atom. The van der Waals surface area contributed by atoms with Crippen molar-refractivity contribution in [1.29, 1.82) is 0 Å². The molecule has 0 aromatic rings. The highest BCUT2D eigenvalue weighted by atomic mass is 16.5. The van der Waals surface area contributed by atoms with Crippen LogP contribution in [0.3, 0.4) is 0 Å². The van der Waals surface area contributed by atoms with Crippen molar-refractivity contribution in [2.45, 2.75) is 114 Å². The van der Waals surface area contributed by atoms with Crippen LogP contribution in [0.5, 0.6) is 0 Å². The van der Waals surface area contributed by atoms with Gasteiger partial charge in [-0.2, -0.15) is 0 Å². The van der Waals surface area contributed by atoms with E-state index in [4.69, 9.17) is 9.47 Å². The summed E-state index contributed by atoms with van der Waals surface area (Å²) in [6, 6.07) is 0.